The number of urea groups is 1. The highest BCUT2D eigenvalue weighted by Crippen LogP contribution is 2.12. The van der Waals surface area contributed by atoms with Crippen LogP contribution in [0, 0.1) is 11.7 Å². The Bertz CT molecular complexity index is 618. The number of morpholine rings is 1. The van der Waals surface area contributed by atoms with E-state index in [9.17, 15) is 14.0 Å². The van der Waals surface area contributed by atoms with E-state index in [1.807, 2.05) is 0 Å². The lowest BCUT2D eigenvalue weighted by atomic mass is 10.0. The Morgan fingerprint density at radius 3 is 2.43 bits per heavy atom. The molecule has 1 unspecified atom stereocenters. The van der Waals surface area contributed by atoms with Crippen LogP contribution in [0.1, 0.15) is 25.8 Å². The molecule has 0 radical (unpaired) electrons. The zero-order valence-corrected chi connectivity index (χ0v) is 16.7. The van der Waals surface area contributed by atoms with Crippen molar-refractivity contribution in [2.75, 3.05) is 39.4 Å². The van der Waals surface area contributed by atoms with Crippen LogP contribution in [0.4, 0.5) is 9.18 Å². The second kappa shape index (κ2) is 11.6. The van der Waals surface area contributed by atoms with E-state index >= 15 is 0 Å². The molecule has 1 aromatic rings. The lowest BCUT2D eigenvalue weighted by Crippen LogP contribution is -2.50. The molecule has 0 bridgehead atoms. The molecule has 0 saturated carbocycles. The van der Waals surface area contributed by atoms with Crippen molar-refractivity contribution in [1.29, 1.82) is 0 Å². The van der Waals surface area contributed by atoms with E-state index in [4.69, 9.17) is 4.74 Å². The summed E-state index contributed by atoms with van der Waals surface area (Å²) >= 11 is 0. The van der Waals surface area contributed by atoms with Gasteiger partial charge >= 0.3 is 6.03 Å². The van der Waals surface area contributed by atoms with Crippen molar-refractivity contribution in [3.05, 3.63) is 35.6 Å². The van der Waals surface area contributed by atoms with Crippen molar-refractivity contribution in [3.63, 3.8) is 0 Å². The zero-order valence-electron chi connectivity index (χ0n) is 16.7. The molecule has 0 aromatic heterocycles. The van der Waals surface area contributed by atoms with Crippen LogP contribution in [-0.4, -0.2) is 62.3 Å². The van der Waals surface area contributed by atoms with Crippen LogP contribution >= 0.6 is 0 Å². The number of carbonyl (C=O) groups excluding carboxylic acids is 2. The minimum Gasteiger partial charge on any atom is -0.379 e. The molecule has 1 aliphatic heterocycles. The number of carbonyl (C=O) groups is 2. The Morgan fingerprint density at radius 1 is 1.11 bits per heavy atom. The SMILES string of the molecule is CC(C)CC(CNC(=O)CNC(=O)NCc1ccc(F)cc1)N1CCOCC1. The molecule has 2 rings (SSSR count). The number of nitrogens with zero attached hydrogens (tertiary/aromatic N) is 1. The molecular weight excluding hydrogens is 363 g/mol. The highest BCUT2D eigenvalue weighted by atomic mass is 19.1. The van der Waals surface area contributed by atoms with Crippen LogP contribution < -0.4 is 16.0 Å². The predicted octanol–water partition coefficient (Wildman–Crippen LogP) is 1.49. The number of hydrogen-bond donors (Lipinski definition) is 3. The molecule has 3 amide bonds. The third-order valence-corrected chi connectivity index (χ3v) is 4.62. The highest BCUT2D eigenvalue weighted by Gasteiger charge is 2.22. The molecular formula is C20H31FN4O3. The quantitative estimate of drug-likeness (QED) is 0.593. The fourth-order valence-corrected chi connectivity index (χ4v) is 3.15. The van der Waals surface area contributed by atoms with Crippen molar-refractivity contribution < 1.29 is 18.7 Å². The highest BCUT2D eigenvalue weighted by molar-refractivity contribution is 5.83. The van der Waals surface area contributed by atoms with Gasteiger partial charge in [0.25, 0.3) is 0 Å². The van der Waals surface area contributed by atoms with Gasteiger partial charge < -0.3 is 20.7 Å². The van der Waals surface area contributed by atoms with Gasteiger partial charge in [-0.2, -0.15) is 0 Å². The molecule has 7 nitrogen and oxygen atoms in total. The van der Waals surface area contributed by atoms with Crippen molar-refractivity contribution in [2.45, 2.75) is 32.9 Å². The Kier molecular flexibility index (Phi) is 9.16. The Hall–Kier alpha value is -2.19. The van der Waals surface area contributed by atoms with Crippen LogP contribution in [0.25, 0.3) is 0 Å². The molecule has 3 N–H and O–H groups in total. The maximum absolute atomic E-state index is 12.9. The predicted molar refractivity (Wildman–Crippen MR) is 105 cm³/mol. The minimum absolute atomic E-state index is 0.0905. The van der Waals surface area contributed by atoms with Crippen molar-refractivity contribution in [3.8, 4) is 0 Å². The van der Waals surface area contributed by atoms with Crippen molar-refractivity contribution >= 4 is 11.9 Å². The second-order valence-electron chi connectivity index (χ2n) is 7.40. The normalized spacial score (nSPS) is 15.9. The Morgan fingerprint density at radius 2 is 1.79 bits per heavy atom. The molecule has 1 heterocycles. The third-order valence-electron chi connectivity index (χ3n) is 4.62. The maximum Gasteiger partial charge on any atom is 0.315 e. The van der Waals surface area contributed by atoms with Crippen LogP contribution in [0.2, 0.25) is 0 Å². The van der Waals surface area contributed by atoms with Crippen molar-refractivity contribution in [1.82, 2.24) is 20.9 Å². The van der Waals surface area contributed by atoms with E-state index in [0.29, 0.717) is 12.5 Å². The van der Waals surface area contributed by atoms with Gasteiger partial charge in [-0.15, -0.1) is 0 Å². The Labute approximate surface area is 166 Å². The lowest BCUT2D eigenvalue weighted by molar-refractivity contribution is -0.120. The summed E-state index contributed by atoms with van der Waals surface area (Å²) in [5.74, 6) is -0.0169. The number of benzene rings is 1. The molecule has 28 heavy (non-hydrogen) atoms. The first-order valence-electron chi connectivity index (χ1n) is 9.78. The van der Waals surface area contributed by atoms with Crippen LogP contribution in [0.3, 0.4) is 0 Å². The number of ether oxygens (including phenoxy) is 1. The van der Waals surface area contributed by atoms with Gasteiger partial charge in [-0.1, -0.05) is 26.0 Å². The van der Waals surface area contributed by atoms with Crippen molar-refractivity contribution in [2.24, 2.45) is 5.92 Å². The van der Waals surface area contributed by atoms with E-state index in [2.05, 4.69) is 34.7 Å². The van der Waals surface area contributed by atoms with Crippen LogP contribution in [-0.2, 0) is 16.1 Å². The third kappa shape index (κ3) is 8.22. The van der Waals surface area contributed by atoms with Gasteiger partial charge in [-0.25, -0.2) is 9.18 Å². The van der Waals surface area contributed by atoms with Gasteiger partial charge in [0.1, 0.15) is 5.82 Å². The number of hydrogen-bond acceptors (Lipinski definition) is 4. The lowest BCUT2D eigenvalue weighted by Gasteiger charge is -2.35. The molecule has 0 spiro atoms. The first-order chi connectivity index (χ1) is 13.4. The maximum atomic E-state index is 12.9. The van der Waals surface area contributed by atoms with Gasteiger partial charge in [0.2, 0.25) is 5.91 Å². The Balaban J connectivity index is 1.68. The molecule has 1 atom stereocenters. The summed E-state index contributed by atoms with van der Waals surface area (Å²) in [6, 6.07) is 5.70. The van der Waals surface area contributed by atoms with E-state index in [-0.39, 0.29) is 30.9 Å². The monoisotopic (exact) mass is 394 g/mol. The fourth-order valence-electron chi connectivity index (χ4n) is 3.15. The van der Waals surface area contributed by atoms with Gasteiger partial charge in [0.15, 0.2) is 0 Å². The minimum atomic E-state index is -0.439. The summed E-state index contributed by atoms with van der Waals surface area (Å²) < 4.78 is 18.3. The smallest absolute Gasteiger partial charge is 0.315 e. The van der Waals surface area contributed by atoms with Gasteiger partial charge in [-0.3, -0.25) is 9.69 Å². The second-order valence-corrected chi connectivity index (χ2v) is 7.40. The van der Waals surface area contributed by atoms with E-state index in [1.54, 1.807) is 12.1 Å². The standard InChI is InChI=1S/C20H31FN4O3/c1-15(2)11-18(25-7-9-28-10-8-25)13-22-19(26)14-24-20(27)23-12-16-3-5-17(21)6-4-16/h3-6,15,18H,7-14H2,1-2H3,(H,22,26)(H2,23,24,27). The molecule has 156 valence electrons. The van der Waals surface area contributed by atoms with Crippen LogP contribution in [0.5, 0.6) is 0 Å². The first kappa shape index (κ1) is 22.1. The number of amides is 3. The topological polar surface area (TPSA) is 82.7 Å². The summed E-state index contributed by atoms with van der Waals surface area (Å²) in [6.45, 7) is 8.25. The average Bonchev–Trinajstić information content (AvgIpc) is 2.69. The zero-order chi connectivity index (χ0) is 20.4. The number of nitrogens with one attached hydrogen (secondary N) is 3. The summed E-state index contributed by atoms with van der Waals surface area (Å²) in [6.07, 6.45) is 0.992. The molecule has 1 aromatic carbocycles. The van der Waals surface area contributed by atoms with Gasteiger partial charge in [0.05, 0.1) is 19.8 Å². The van der Waals surface area contributed by atoms with Gasteiger partial charge in [-0.05, 0) is 30.0 Å². The number of rotatable bonds is 9. The van der Waals surface area contributed by atoms with Gasteiger partial charge in [0, 0.05) is 32.2 Å². The van der Waals surface area contributed by atoms with E-state index in [0.717, 1.165) is 38.3 Å². The average molecular weight is 394 g/mol. The van der Waals surface area contributed by atoms with Crippen LogP contribution in [0.15, 0.2) is 24.3 Å². The molecule has 1 fully saturated rings. The summed E-state index contributed by atoms with van der Waals surface area (Å²) in [7, 11) is 0. The molecule has 1 aliphatic rings. The fraction of sp³-hybridized carbons (Fsp3) is 0.600. The summed E-state index contributed by atoms with van der Waals surface area (Å²) in [5, 5.41) is 8.10. The van der Waals surface area contributed by atoms with E-state index < -0.39 is 6.03 Å². The number of halogens is 1. The summed E-state index contributed by atoms with van der Waals surface area (Å²) in [4.78, 5) is 26.3. The molecule has 1 saturated heterocycles. The van der Waals surface area contributed by atoms with E-state index in [1.165, 1.54) is 12.1 Å². The summed E-state index contributed by atoms with van der Waals surface area (Å²) in [5.41, 5.74) is 0.781. The molecule has 0 aliphatic carbocycles. The first-order valence-corrected chi connectivity index (χ1v) is 9.78. The molecule has 8 heteroatoms. The largest absolute Gasteiger partial charge is 0.379 e.